The Balaban J connectivity index is 2.77. The zero-order chi connectivity index (χ0) is 11.0. The summed E-state index contributed by atoms with van der Waals surface area (Å²) in [6.45, 7) is 0. The molecule has 1 aliphatic rings. The molecule has 15 heavy (non-hydrogen) atoms. The molecule has 0 unspecified atom stereocenters. The molecule has 0 saturated carbocycles. The molecule has 2 rings (SSSR count). The van der Waals surface area contributed by atoms with Gasteiger partial charge in [-0.05, 0) is 12.1 Å². The van der Waals surface area contributed by atoms with Gasteiger partial charge >= 0.3 is 0 Å². The van der Waals surface area contributed by atoms with Crippen molar-refractivity contribution in [2.75, 3.05) is 0 Å². The van der Waals surface area contributed by atoms with Crippen LogP contribution in [0.3, 0.4) is 0 Å². The number of aliphatic hydroxyl groups is 1. The number of ketones is 1. The number of hydrogen-bond acceptors (Lipinski definition) is 5. The number of allylic oxidation sites excluding steroid dienone is 2. The van der Waals surface area contributed by atoms with Crippen molar-refractivity contribution < 1.29 is 20.2 Å². The molecular weight excluding hydrogens is 198 g/mol. The molecule has 1 aromatic rings. The summed E-state index contributed by atoms with van der Waals surface area (Å²) in [6.07, 6.45) is 1.00. The van der Waals surface area contributed by atoms with Crippen LogP contribution in [0.25, 0.3) is 0 Å². The van der Waals surface area contributed by atoms with Gasteiger partial charge in [0.1, 0.15) is 11.5 Å². The molecule has 5 heteroatoms. The number of hydrogen-bond donors (Lipinski definition) is 3. The van der Waals surface area contributed by atoms with Crippen molar-refractivity contribution in [1.82, 2.24) is 0 Å². The first-order valence-electron chi connectivity index (χ1n) is 4.15. The number of phenols is 1. The maximum Gasteiger partial charge on any atom is 0.228 e. The quantitative estimate of drug-likeness (QED) is 0.438. The Bertz CT molecular complexity index is 502. The third kappa shape index (κ3) is 1.25. The lowest BCUT2D eigenvalue weighted by molar-refractivity contribution is 0.0976. The van der Waals surface area contributed by atoms with Crippen molar-refractivity contribution in [2.45, 2.75) is 0 Å². The average molecular weight is 205 g/mol. The number of aromatic hydroxyl groups is 1. The number of carbonyl (C=O) groups excluding carboxylic acids is 1. The minimum Gasteiger partial charge on any atom is -0.507 e. The Morgan fingerprint density at radius 1 is 1.20 bits per heavy atom. The van der Waals surface area contributed by atoms with Gasteiger partial charge in [0.05, 0.1) is 5.56 Å². The first kappa shape index (κ1) is 9.26. The molecule has 0 amide bonds. The molecule has 1 aromatic carbocycles. The third-order valence-corrected chi connectivity index (χ3v) is 2.16. The molecule has 0 atom stereocenters. The van der Waals surface area contributed by atoms with Gasteiger partial charge in [-0.3, -0.25) is 4.79 Å². The molecule has 3 N–H and O–H groups in total. The van der Waals surface area contributed by atoms with E-state index in [0.29, 0.717) is 0 Å². The van der Waals surface area contributed by atoms with Crippen molar-refractivity contribution in [2.24, 2.45) is 5.16 Å². The molecule has 0 heterocycles. The molecular formula is C10H7NO4. The molecule has 1 aliphatic carbocycles. The number of benzene rings is 1. The number of rotatable bonds is 0. The van der Waals surface area contributed by atoms with Crippen LogP contribution in [0, 0.1) is 0 Å². The van der Waals surface area contributed by atoms with Crippen LogP contribution >= 0.6 is 0 Å². The normalized spacial score (nSPS) is 17.5. The summed E-state index contributed by atoms with van der Waals surface area (Å²) in [4.78, 5) is 11.5. The number of carbonyl (C=O) groups is 1. The summed E-state index contributed by atoms with van der Waals surface area (Å²) in [5, 5.41) is 30.3. The fraction of sp³-hybridized carbons (Fsp3) is 0. The average Bonchev–Trinajstić information content (AvgIpc) is 2.23. The number of aliphatic hydroxyl groups excluding tert-OH is 1. The first-order valence-corrected chi connectivity index (χ1v) is 4.15. The highest BCUT2D eigenvalue weighted by Crippen LogP contribution is 2.27. The maximum atomic E-state index is 11.5. The van der Waals surface area contributed by atoms with Gasteiger partial charge in [0.15, 0.2) is 5.76 Å². The summed E-state index contributed by atoms with van der Waals surface area (Å²) >= 11 is 0. The lowest BCUT2D eigenvalue weighted by Crippen LogP contribution is -2.17. The van der Waals surface area contributed by atoms with Crippen LogP contribution in [0.2, 0.25) is 0 Å². The summed E-state index contributed by atoms with van der Waals surface area (Å²) in [6, 6.07) is 4.28. The number of phenolic OH excluding ortho intramolecular Hbond substituents is 1. The van der Waals surface area contributed by atoms with E-state index >= 15 is 0 Å². The standard InChI is InChI=1S/C10H7NO4/c12-7-3-1-2-5-9(7)6(11-15)4-8(13)10(5)14/h1-4,12-13,15H. The van der Waals surface area contributed by atoms with Crippen molar-refractivity contribution in [3.63, 3.8) is 0 Å². The second-order valence-electron chi connectivity index (χ2n) is 3.04. The monoisotopic (exact) mass is 205 g/mol. The van der Waals surface area contributed by atoms with Crippen LogP contribution in [0.5, 0.6) is 5.75 Å². The summed E-state index contributed by atoms with van der Waals surface area (Å²) in [5.74, 6) is -1.29. The van der Waals surface area contributed by atoms with E-state index in [-0.39, 0.29) is 22.6 Å². The molecule has 0 bridgehead atoms. The SMILES string of the molecule is O=C1C(O)=CC(=NO)c2c(O)cccc21. The Hall–Kier alpha value is -2.30. The van der Waals surface area contributed by atoms with Gasteiger partial charge in [0.2, 0.25) is 5.78 Å². The fourth-order valence-corrected chi connectivity index (χ4v) is 1.48. The van der Waals surface area contributed by atoms with Crippen LogP contribution < -0.4 is 0 Å². The van der Waals surface area contributed by atoms with E-state index < -0.39 is 11.5 Å². The first-order chi connectivity index (χ1) is 7.15. The van der Waals surface area contributed by atoms with Gasteiger partial charge < -0.3 is 15.4 Å². The van der Waals surface area contributed by atoms with Crippen LogP contribution in [0.1, 0.15) is 15.9 Å². The Kier molecular flexibility index (Phi) is 1.93. The highest BCUT2D eigenvalue weighted by atomic mass is 16.4. The van der Waals surface area contributed by atoms with Crippen LogP contribution in [0.4, 0.5) is 0 Å². The van der Waals surface area contributed by atoms with E-state index in [1.54, 1.807) is 0 Å². The Labute approximate surface area is 84.6 Å². The predicted molar refractivity (Wildman–Crippen MR) is 51.5 cm³/mol. The van der Waals surface area contributed by atoms with Gasteiger partial charge in [-0.15, -0.1) is 0 Å². The summed E-state index contributed by atoms with van der Waals surface area (Å²) in [5.41, 5.74) is 0.200. The minimum atomic E-state index is -0.603. The second kappa shape index (κ2) is 3.13. The largest absolute Gasteiger partial charge is 0.507 e. The summed E-state index contributed by atoms with van der Waals surface area (Å²) in [7, 11) is 0. The molecule has 0 spiro atoms. The number of nitrogens with zero attached hydrogens (tertiary/aromatic N) is 1. The molecule has 0 saturated heterocycles. The highest BCUT2D eigenvalue weighted by molar-refractivity contribution is 6.26. The Morgan fingerprint density at radius 3 is 2.60 bits per heavy atom. The molecule has 76 valence electrons. The van der Waals surface area contributed by atoms with Gasteiger partial charge in [-0.25, -0.2) is 0 Å². The minimum absolute atomic E-state index is 0.0415. The number of fused-ring (bicyclic) bond motifs is 1. The van der Waals surface area contributed by atoms with Crippen molar-refractivity contribution in [3.8, 4) is 5.75 Å². The lowest BCUT2D eigenvalue weighted by Gasteiger charge is -2.13. The van der Waals surface area contributed by atoms with Crippen LogP contribution in [-0.2, 0) is 0 Å². The highest BCUT2D eigenvalue weighted by Gasteiger charge is 2.26. The zero-order valence-electron chi connectivity index (χ0n) is 7.51. The van der Waals surface area contributed by atoms with Gasteiger partial charge in [0.25, 0.3) is 0 Å². The topological polar surface area (TPSA) is 90.1 Å². The van der Waals surface area contributed by atoms with E-state index in [1.807, 2.05) is 0 Å². The fourth-order valence-electron chi connectivity index (χ4n) is 1.48. The predicted octanol–water partition coefficient (Wildman–Crippen LogP) is 1.21. The zero-order valence-corrected chi connectivity index (χ0v) is 7.51. The third-order valence-electron chi connectivity index (χ3n) is 2.16. The smallest absolute Gasteiger partial charge is 0.228 e. The van der Waals surface area contributed by atoms with E-state index in [1.165, 1.54) is 18.2 Å². The summed E-state index contributed by atoms with van der Waals surface area (Å²) < 4.78 is 0. The van der Waals surface area contributed by atoms with Gasteiger partial charge in [0, 0.05) is 11.6 Å². The second-order valence-corrected chi connectivity index (χ2v) is 3.04. The molecule has 0 fully saturated rings. The number of Topliss-reactive ketones (excluding diaryl/α,β-unsaturated/α-hetero) is 1. The molecule has 0 radical (unpaired) electrons. The van der Waals surface area contributed by atoms with Crippen molar-refractivity contribution >= 4 is 11.5 Å². The van der Waals surface area contributed by atoms with Gasteiger partial charge in [-0.1, -0.05) is 11.2 Å². The van der Waals surface area contributed by atoms with E-state index in [0.717, 1.165) is 6.08 Å². The van der Waals surface area contributed by atoms with Gasteiger partial charge in [-0.2, -0.15) is 0 Å². The van der Waals surface area contributed by atoms with Crippen LogP contribution in [0.15, 0.2) is 35.2 Å². The van der Waals surface area contributed by atoms with E-state index in [2.05, 4.69) is 5.16 Å². The van der Waals surface area contributed by atoms with Crippen LogP contribution in [-0.4, -0.2) is 26.9 Å². The van der Waals surface area contributed by atoms with Crippen molar-refractivity contribution in [1.29, 1.82) is 0 Å². The van der Waals surface area contributed by atoms with E-state index in [4.69, 9.17) is 5.21 Å². The molecule has 0 aliphatic heterocycles. The molecule has 5 nitrogen and oxygen atoms in total. The number of oxime groups is 1. The maximum absolute atomic E-state index is 11.5. The van der Waals surface area contributed by atoms with Crippen molar-refractivity contribution in [3.05, 3.63) is 41.2 Å². The lowest BCUT2D eigenvalue weighted by atomic mass is 9.92. The molecule has 0 aromatic heterocycles. The Morgan fingerprint density at radius 2 is 1.93 bits per heavy atom. The van der Waals surface area contributed by atoms with E-state index in [9.17, 15) is 15.0 Å².